The molecule has 0 saturated carbocycles. The average molecular weight is 453 g/mol. The summed E-state index contributed by atoms with van der Waals surface area (Å²) in [5, 5.41) is 11.2. The number of aliphatic hydroxyl groups excluding tert-OH is 1. The van der Waals surface area contributed by atoms with Gasteiger partial charge in [0.15, 0.2) is 0 Å². The van der Waals surface area contributed by atoms with E-state index in [2.05, 4.69) is 18.7 Å². The summed E-state index contributed by atoms with van der Waals surface area (Å²) in [6.07, 6.45) is 0. The molecule has 7 nitrogen and oxygen atoms in total. The van der Waals surface area contributed by atoms with Gasteiger partial charge in [0, 0.05) is 30.3 Å². The Labute approximate surface area is 195 Å². The molecule has 1 atom stereocenters. The fourth-order valence-corrected chi connectivity index (χ4v) is 4.13. The zero-order valence-electron chi connectivity index (χ0n) is 19.9. The molecule has 0 bridgehead atoms. The van der Waals surface area contributed by atoms with Crippen molar-refractivity contribution in [2.75, 3.05) is 40.4 Å². The number of aliphatic hydroxyl groups is 1. The van der Waals surface area contributed by atoms with Crippen LogP contribution < -0.4 is 9.47 Å². The van der Waals surface area contributed by atoms with Gasteiger partial charge in [-0.05, 0) is 32.1 Å². The average Bonchev–Trinajstić information content (AvgIpc) is 3.09. The molecule has 176 valence electrons. The van der Waals surface area contributed by atoms with Gasteiger partial charge in [-0.2, -0.15) is 0 Å². The number of amides is 1. The molecule has 2 aromatic rings. The number of methoxy groups -OCH3 is 2. The second-order valence-electron chi connectivity index (χ2n) is 7.99. The van der Waals surface area contributed by atoms with Crippen LogP contribution in [0.15, 0.2) is 48.0 Å². The quantitative estimate of drug-likeness (QED) is 0.354. The van der Waals surface area contributed by atoms with Gasteiger partial charge in [-0.3, -0.25) is 9.59 Å². The predicted octanol–water partition coefficient (Wildman–Crippen LogP) is 3.78. The number of hydrogen-bond acceptors (Lipinski definition) is 6. The van der Waals surface area contributed by atoms with Crippen LogP contribution in [0.5, 0.6) is 11.5 Å². The first-order valence-electron chi connectivity index (χ1n) is 11.2. The monoisotopic (exact) mass is 452 g/mol. The van der Waals surface area contributed by atoms with Gasteiger partial charge in [0.1, 0.15) is 17.3 Å². The van der Waals surface area contributed by atoms with Crippen molar-refractivity contribution in [3.63, 3.8) is 0 Å². The lowest BCUT2D eigenvalue weighted by Crippen LogP contribution is -2.38. The van der Waals surface area contributed by atoms with Crippen LogP contribution in [0.4, 0.5) is 0 Å². The topological polar surface area (TPSA) is 79.3 Å². The second kappa shape index (κ2) is 10.5. The van der Waals surface area contributed by atoms with Crippen molar-refractivity contribution >= 4 is 17.4 Å². The van der Waals surface area contributed by atoms with Crippen LogP contribution in [0.2, 0.25) is 0 Å². The standard InChI is InChI=1S/C26H32N2O5/c1-6-27(7-2)14-15-28-23(20-13-12-19(32-4)16-21(20)33-5)22(25(30)26(28)31)24(29)18-10-8-17(3)9-11-18/h8-13,16,23,29H,6-7,14-15H2,1-5H3/b24-22+/t23-/m0/s1. The van der Waals surface area contributed by atoms with E-state index in [1.165, 1.54) is 12.0 Å². The molecule has 1 N–H and O–H groups in total. The molecule has 0 unspecified atom stereocenters. The molecule has 2 aromatic carbocycles. The summed E-state index contributed by atoms with van der Waals surface area (Å²) in [4.78, 5) is 30.1. The number of hydrogen-bond donors (Lipinski definition) is 1. The molecule has 0 aliphatic carbocycles. The van der Waals surface area contributed by atoms with Crippen LogP contribution in [0.25, 0.3) is 5.76 Å². The summed E-state index contributed by atoms with van der Waals surface area (Å²) >= 11 is 0. The number of likely N-dealkylation sites (tertiary alicyclic amines) is 1. The SMILES string of the molecule is CCN(CC)CCN1C(=O)C(=O)/C(=C(/O)c2ccc(C)cc2)[C@@H]1c1ccc(OC)cc1OC. The number of carbonyl (C=O) groups excluding carboxylic acids is 2. The molecule has 1 fully saturated rings. The van der Waals surface area contributed by atoms with Gasteiger partial charge >= 0.3 is 0 Å². The fraction of sp³-hybridized carbons (Fsp3) is 0.385. The molecular formula is C26H32N2O5. The van der Waals surface area contributed by atoms with E-state index in [1.807, 2.05) is 19.1 Å². The van der Waals surface area contributed by atoms with E-state index < -0.39 is 17.7 Å². The Balaban J connectivity index is 2.17. The molecule has 1 aliphatic heterocycles. The number of likely N-dealkylation sites (N-methyl/N-ethyl adjacent to an activating group) is 1. The fourth-order valence-electron chi connectivity index (χ4n) is 4.13. The van der Waals surface area contributed by atoms with Crippen molar-refractivity contribution in [1.29, 1.82) is 0 Å². The maximum absolute atomic E-state index is 13.2. The third kappa shape index (κ3) is 4.88. The number of aryl methyl sites for hydroxylation is 1. The van der Waals surface area contributed by atoms with E-state index in [0.29, 0.717) is 35.7 Å². The lowest BCUT2D eigenvalue weighted by atomic mass is 9.94. The number of nitrogens with zero attached hydrogens (tertiary/aromatic N) is 2. The van der Waals surface area contributed by atoms with Crippen LogP contribution >= 0.6 is 0 Å². The molecule has 0 spiro atoms. The van der Waals surface area contributed by atoms with Crippen molar-refractivity contribution in [3.8, 4) is 11.5 Å². The first-order chi connectivity index (χ1) is 15.9. The largest absolute Gasteiger partial charge is 0.507 e. The van der Waals surface area contributed by atoms with Gasteiger partial charge in [0.25, 0.3) is 11.7 Å². The van der Waals surface area contributed by atoms with Crippen LogP contribution in [0, 0.1) is 6.92 Å². The molecule has 3 rings (SSSR count). The number of ketones is 1. The number of benzene rings is 2. The zero-order chi connectivity index (χ0) is 24.1. The van der Waals surface area contributed by atoms with Crippen LogP contribution in [0.3, 0.4) is 0 Å². The Bertz CT molecular complexity index is 1040. The first kappa shape index (κ1) is 24.3. The molecular weight excluding hydrogens is 420 g/mol. The highest BCUT2D eigenvalue weighted by Gasteiger charge is 2.47. The Kier molecular flexibility index (Phi) is 7.76. The molecule has 1 saturated heterocycles. The third-order valence-electron chi connectivity index (χ3n) is 6.15. The smallest absolute Gasteiger partial charge is 0.295 e. The minimum atomic E-state index is -0.775. The van der Waals surface area contributed by atoms with Crippen molar-refractivity contribution in [3.05, 3.63) is 64.7 Å². The normalized spacial score (nSPS) is 17.6. The van der Waals surface area contributed by atoms with E-state index in [9.17, 15) is 14.7 Å². The van der Waals surface area contributed by atoms with E-state index in [4.69, 9.17) is 9.47 Å². The van der Waals surface area contributed by atoms with E-state index >= 15 is 0 Å². The van der Waals surface area contributed by atoms with Gasteiger partial charge in [-0.15, -0.1) is 0 Å². The lowest BCUT2D eigenvalue weighted by Gasteiger charge is -2.29. The summed E-state index contributed by atoms with van der Waals surface area (Å²) in [7, 11) is 3.09. The van der Waals surface area contributed by atoms with Crippen LogP contribution in [0.1, 0.15) is 36.6 Å². The highest BCUT2D eigenvalue weighted by Crippen LogP contribution is 2.43. The van der Waals surface area contributed by atoms with Crippen molar-refractivity contribution in [2.24, 2.45) is 0 Å². The number of Topliss-reactive ketones (excluding diaryl/α,β-unsaturated/α-hetero) is 1. The van der Waals surface area contributed by atoms with Crippen molar-refractivity contribution in [1.82, 2.24) is 9.80 Å². The molecule has 0 aromatic heterocycles. The summed E-state index contributed by atoms with van der Waals surface area (Å²) in [5.74, 6) is -0.450. The Morgan fingerprint density at radius 1 is 1.03 bits per heavy atom. The summed E-state index contributed by atoms with van der Waals surface area (Å²) < 4.78 is 10.9. The molecule has 1 amide bonds. The van der Waals surface area contributed by atoms with Crippen LogP contribution in [-0.4, -0.2) is 67.0 Å². The zero-order valence-corrected chi connectivity index (χ0v) is 19.9. The van der Waals surface area contributed by atoms with Crippen LogP contribution in [-0.2, 0) is 9.59 Å². The van der Waals surface area contributed by atoms with E-state index in [0.717, 1.165) is 18.7 Å². The minimum absolute atomic E-state index is 0.0619. The number of ether oxygens (including phenoxy) is 2. The minimum Gasteiger partial charge on any atom is -0.507 e. The van der Waals surface area contributed by atoms with Crippen molar-refractivity contribution in [2.45, 2.75) is 26.8 Å². The molecule has 0 radical (unpaired) electrons. The van der Waals surface area contributed by atoms with Gasteiger partial charge in [0.05, 0.1) is 25.8 Å². The van der Waals surface area contributed by atoms with Gasteiger partial charge in [0.2, 0.25) is 0 Å². The molecule has 1 heterocycles. The van der Waals surface area contributed by atoms with E-state index in [-0.39, 0.29) is 11.3 Å². The summed E-state index contributed by atoms with van der Waals surface area (Å²) in [6.45, 7) is 8.67. The maximum Gasteiger partial charge on any atom is 0.295 e. The van der Waals surface area contributed by atoms with E-state index in [1.54, 1.807) is 37.4 Å². The summed E-state index contributed by atoms with van der Waals surface area (Å²) in [6, 6.07) is 11.7. The Morgan fingerprint density at radius 2 is 1.70 bits per heavy atom. The predicted molar refractivity (Wildman–Crippen MR) is 128 cm³/mol. The lowest BCUT2D eigenvalue weighted by molar-refractivity contribution is -0.140. The summed E-state index contributed by atoms with van der Waals surface area (Å²) in [5.41, 5.74) is 2.19. The maximum atomic E-state index is 13.2. The second-order valence-corrected chi connectivity index (χ2v) is 7.99. The van der Waals surface area contributed by atoms with Gasteiger partial charge < -0.3 is 24.4 Å². The molecule has 33 heavy (non-hydrogen) atoms. The molecule has 1 aliphatic rings. The number of carbonyl (C=O) groups is 2. The molecule has 7 heteroatoms. The highest BCUT2D eigenvalue weighted by atomic mass is 16.5. The van der Waals surface area contributed by atoms with Gasteiger partial charge in [-0.1, -0.05) is 43.7 Å². The van der Waals surface area contributed by atoms with Gasteiger partial charge in [-0.25, -0.2) is 0 Å². The Hall–Kier alpha value is -3.32. The first-order valence-corrected chi connectivity index (χ1v) is 11.2. The number of rotatable bonds is 9. The highest BCUT2D eigenvalue weighted by molar-refractivity contribution is 6.46. The third-order valence-corrected chi connectivity index (χ3v) is 6.15. The Morgan fingerprint density at radius 3 is 2.27 bits per heavy atom. The van der Waals surface area contributed by atoms with Crippen molar-refractivity contribution < 1.29 is 24.2 Å².